The van der Waals surface area contributed by atoms with Gasteiger partial charge in [0.2, 0.25) is 0 Å². The predicted molar refractivity (Wildman–Crippen MR) is 66.4 cm³/mol. The van der Waals surface area contributed by atoms with E-state index in [1.807, 2.05) is 31.2 Å². The molecule has 0 fully saturated rings. The summed E-state index contributed by atoms with van der Waals surface area (Å²) in [5.41, 5.74) is 1.13. The molecule has 2 N–H and O–H groups in total. The number of rotatable bonds is 7. The van der Waals surface area contributed by atoms with Crippen molar-refractivity contribution < 1.29 is 14.6 Å². The van der Waals surface area contributed by atoms with Gasteiger partial charge < -0.3 is 15.2 Å². The van der Waals surface area contributed by atoms with Crippen LogP contribution in [-0.4, -0.2) is 30.8 Å². The third-order valence-electron chi connectivity index (χ3n) is 2.56. The minimum atomic E-state index is -0.776. The molecule has 0 aromatic heterocycles. The van der Waals surface area contributed by atoms with Crippen LogP contribution in [0.5, 0.6) is 5.75 Å². The molecule has 1 aromatic carbocycles. The highest BCUT2D eigenvalue weighted by Crippen LogP contribution is 2.17. The van der Waals surface area contributed by atoms with Gasteiger partial charge in [-0.05, 0) is 31.5 Å². The van der Waals surface area contributed by atoms with Gasteiger partial charge in [0.15, 0.2) is 0 Å². The zero-order valence-corrected chi connectivity index (χ0v) is 10.3. The van der Waals surface area contributed by atoms with Crippen molar-refractivity contribution >= 4 is 5.97 Å². The van der Waals surface area contributed by atoms with E-state index in [4.69, 9.17) is 9.84 Å². The first-order valence-electron chi connectivity index (χ1n) is 5.70. The SMILES string of the molecule is COc1ccccc1CCNC(C)CC(=O)O. The van der Waals surface area contributed by atoms with Crippen molar-refractivity contribution in [1.29, 1.82) is 0 Å². The van der Waals surface area contributed by atoms with E-state index < -0.39 is 5.97 Å². The Morgan fingerprint density at radius 2 is 2.18 bits per heavy atom. The Kier molecular flexibility index (Phi) is 5.49. The largest absolute Gasteiger partial charge is 0.496 e. The molecule has 1 aromatic rings. The van der Waals surface area contributed by atoms with E-state index in [0.29, 0.717) is 0 Å². The Bertz CT molecular complexity index is 365. The molecule has 0 aliphatic carbocycles. The van der Waals surface area contributed by atoms with Crippen molar-refractivity contribution in [3.63, 3.8) is 0 Å². The lowest BCUT2D eigenvalue weighted by atomic mass is 10.1. The maximum Gasteiger partial charge on any atom is 0.304 e. The van der Waals surface area contributed by atoms with Crippen molar-refractivity contribution in [2.75, 3.05) is 13.7 Å². The Balaban J connectivity index is 2.37. The molecular weight excluding hydrogens is 218 g/mol. The van der Waals surface area contributed by atoms with Gasteiger partial charge in [0.1, 0.15) is 5.75 Å². The van der Waals surface area contributed by atoms with Crippen LogP contribution in [0.1, 0.15) is 18.9 Å². The maximum atomic E-state index is 10.5. The Hall–Kier alpha value is -1.55. The first-order valence-corrected chi connectivity index (χ1v) is 5.70. The summed E-state index contributed by atoms with van der Waals surface area (Å²) in [6.07, 6.45) is 0.972. The number of carboxylic acid groups (broad SMARTS) is 1. The van der Waals surface area contributed by atoms with Gasteiger partial charge >= 0.3 is 5.97 Å². The molecule has 0 saturated heterocycles. The second kappa shape index (κ2) is 6.91. The summed E-state index contributed by atoms with van der Waals surface area (Å²) in [7, 11) is 1.65. The number of benzene rings is 1. The maximum absolute atomic E-state index is 10.5. The number of carboxylic acids is 1. The number of aliphatic carboxylic acids is 1. The van der Waals surface area contributed by atoms with Crippen LogP contribution in [0.25, 0.3) is 0 Å². The molecule has 0 heterocycles. The van der Waals surface area contributed by atoms with E-state index in [1.54, 1.807) is 7.11 Å². The highest BCUT2D eigenvalue weighted by atomic mass is 16.5. The number of hydrogen-bond acceptors (Lipinski definition) is 3. The van der Waals surface area contributed by atoms with Gasteiger partial charge in [-0.25, -0.2) is 0 Å². The lowest BCUT2D eigenvalue weighted by Gasteiger charge is -2.12. The number of methoxy groups -OCH3 is 1. The van der Waals surface area contributed by atoms with Crippen molar-refractivity contribution in [2.45, 2.75) is 25.8 Å². The Morgan fingerprint density at radius 3 is 2.82 bits per heavy atom. The first kappa shape index (κ1) is 13.5. The van der Waals surface area contributed by atoms with Crippen LogP contribution in [-0.2, 0) is 11.2 Å². The fourth-order valence-electron chi connectivity index (χ4n) is 1.70. The molecule has 1 unspecified atom stereocenters. The third-order valence-corrected chi connectivity index (χ3v) is 2.56. The molecule has 0 bridgehead atoms. The van der Waals surface area contributed by atoms with E-state index in [2.05, 4.69) is 5.32 Å². The lowest BCUT2D eigenvalue weighted by molar-refractivity contribution is -0.137. The Labute approximate surface area is 102 Å². The van der Waals surface area contributed by atoms with Gasteiger partial charge in [0.25, 0.3) is 0 Å². The van der Waals surface area contributed by atoms with Crippen molar-refractivity contribution in [3.05, 3.63) is 29.8 Å². The molecule has 17 heavy (non-hydrogen) atoms. The molecule has 0 radical (unpaired) electrons. The van der Waals surface area contributed by atoms with Gasteiger partial charge in [-0.1, -0.05) is 18.2 Å². The minimum Gasteiger partial charge on any atom is -0.496 e. The van der Waals surface area contributed by atoms with E-state index >= 15 is 0 Å². The number of hydrogen-bond donors (Lipinski definition) is 2. The molecule has 0 aliphatic rings. The highest BCUT2D eigenvalue weighted by Gasteiger charge is 2.07. The van der Waals surface area contributed by atoms with Crippen LogP contribution >= 0.6 is 0 Å². The zero-order chi connectivity index (χ0) is 12.7. The monoisotopic (exact) mass is 237 g/mol. The van der Waals surface area contributed by atoms with Crippen LogP contribution in [0.4, 0.5) is 0 Å². The fourth-order valence-corrected chi connectivity index (χ4v) is 1.70. The average molecular weight is 237 g/mol. The summed E-state index contributed by atoms with van der Waals surface area (Å²) in [6.45, 7) is 2.62. The van der Waals surface area contributed by atoms with Gasteiger partial charge in [0, 0.05) is 6.04 Å². The molecular formula is C13H19NO3. The Morgan fingerprint density at radius 1 is 1.47 bits per heavy atom. The van der Waals surface area contributed by atoms with Gasteiger partial charge in [-0.2, -0.15) is 0 Å². The third kappa shape index (κ3) is 4.87. The summed E-state index contributed by atoms with van der Waals surface area (Å²) in [4.78, 5) is 10.5. The van der Waals surface area contributed by atoms with E-state index in [0.717, 1.165) is 24.3 Å². The smallest absolute Gasteiger partial charge is 0.304 e. The normalized spacial score (nSPS) is 12.1. The van der Waals surface area contributed by atoms with Crippen LogP contribution < -0.4 is 10.1 Å². The van der Waals surface area contributed by atoms with E-state index in [-0.39, 0.29) is 12.5 Å². The molecule has 4 nitrogen and oxygen atoms in total. The predicted octanol–water partition coefficient (Wildman–Crippen LogP) is 1.69. The lowest BCUT2D eigenvalue weighted by Crippen LogP contribution is -2.30. The molecule has 0 aliphatic heterocycles. The van der Waals surface area contributed by atoms with Crippen molar-refractivity contribution in [3.8, 4) is 5.75 Å². The van der Waals surface area contributed by atoms with E-state index in [9.17, 15) is 4.79 Å². The van der Waals surface area contributed by atoms with E-state index in [1.165, 1.54) is 0 Å². The summed E-state index contributed by atoms with van der Waals surface area (Å²) in [5, 5.41) is 11.8. The summed E-state index contributed by atoms with van der Waals surface area (Å²) in [6, 6.07) is 7.84. The molecule has 1 rings (SSSR count). The summed E-state index contributed by atoms with van der Waals surface area (Å²) < 4.78 is 5.25. The molecule has 1 atom stereocenters. The topological polar surface area (TPSA) is 58.6 Å². The number of para-hydroxylation sites is 1. The number of ether oxygens (including phenoxy) is 1. The number of carbonyl (C=O) groups is 1. The minimum absolute atomic E-state index is 0.0118. The van der Waals surface area contributed by atoms with Gasteiger partial charge in [-0.3, -0.25) is 4.79 Å². The van der Waals surface area contributed by atoms with Crippen molar-refractivity contribution in [1.82, 2.24) is 5.32 Å². The van der Waals surface area contributed by atoms with Crippen molar-refractivity contribution in [2.24, 2.45) is 0 Å². The first-order chi connectivity index (χ1) is 8.13. The summed E-state index contributed by atoms with van der Waals surface area (Å²) >= 11 is 0. The second-order valence-electron chi connectivity index (χ2n) is 4.01. The molecule has 0 spiro atoms. The fraction of sp³-hybridized carbons (Fsp3) is 0.462. The van der Waals surface area contributed by atoms with Crippen LogP contribution in [0.3, 0.4) is 0 Å². The summed E-state index contributed by atoms with van der Waals surface area (Å²) in [5.74, 6) is 0.0995. The quantitative estimate of drug-likeness (QED) is 0.757. The molecule has 0 amide bonds. The highest BCUT2D eigenvalue weighted by molar-refractivity contribution is 5.67. The van der Waals surface area contributed by atoms with Crippen LogP contribution in [0, 0.1) is 0 Å². The zero-order valence-electron chi connectivity index (χ0n) is 10.3. The second-order valence-corrected chi connectivity index (χ2v) is 4.01. The molecule has 0 saturated carbocycles. The standard InChI is InChI=1S/C13H19NO3/c1-10(9-13(15)16)14-8-7-11-5-3-4-6-12(11)17-2/h3-6,10,14H,7-9H2,1-2H3,(H,15,16). The van der Waals surface area contributed by atoms with Gasteiger partial charge in [-0.15, -0.1) is 0 Å². The molecule has 4 heteroatoms. The van der Waals surface area contributed by atoms with Crippen LogP contribution in [0.15, 0.2) is 24.3 Å². The number of nitrogens with one attached hydrogen (secondary N) is 1. The van der Waals surface area contributed by atoms with Gasteiger partial charge in [0.05, 0.1) is 13.5 Å². The molecule has 94 valence electrons. The average Bonchev–Trinajstić information content (AvgIpc) is 2.28. The van der Waals surface area contributed by atoms with Crippen LogP contribution in [0.2, 0.25) is 0 Å².